The third-order valence-electron chi connectivity index (χ3n) is 3.75. The summed E-state index contributed by atoms with van der Waals surface area (Å²) >= 11 is 9.40. The zero-order valence-corrected chi connectivity index (χ0v) is 16.0. The molecule has 0 aliphatic heterocycles. The number of carboxylic acids is 1. The number of hydrogen-bond donors (Lipinski definition) is 2. The van der Waals surface area contributed by atoms with Gasteiger partial charge in [-0.05, 0) is 48.9 Å². The second-order valence-corrected chi connectivity index (χ2v) is 6.80. The van der Waals surface area contributed by atoms with Crippen LogP contribution in [0, 0.1) is 6.92 Å². The number of hydrogen-bond acceptors (Lipinski definition) is 4. The van der Waals surface area contributed by atoms with Crippen LogP contribution < -0.4 is 5.43 Å². The van der Waals surface area contributed by atoms with Gasteiger partial charge in [-0.1, -0.05) is 39.7 Å². The predicted octanol–water partition coefficient (Wildman–Crippen LogP) is 5.82. The van der Waals surface area contributed by atoms with Crippen LogP contribution in [0.5, 0.6) is 0 Å². The highest BCUT2D eigenvalue weighted by atomic mass is 79.9. The number of benzene rings is 2. The molecule has 5 nitrogen and oxygen atoms in total. The molecule has 3 aromatic rings. The summed E-state index contributed by atoms with van der Waals surface area (Å²) < 4.78 is 6.45. The maximum Gasteiger partial charge on any atom is 0.337 e. The van der Waals surface area contributed by atoms with Crippen molar-refractivity contribution >= 4 is 45.4 Å². The van der Waals surface area contributed by atoms with Gasteiger partial charge in [0.15, 0.2) is 0 Å². The van der Waals surface area contributed by atoms with Crippen LogP contribution in [-0.2, 0) is 0 Å². The minimum absolute atomic E-state index is 0.117. The van der Waals surface area contributed by atoms with Crippen molar-refractivity contribution in [3.63, 3.8) is 0 Å². The lowest BCUT2D eigenvalue weighted by molar-refractivity contribution is 0.0698. The highest BCUT2D eigenvalue weighted by Crippen LogP contribution is 2.29. The average molecular weight is 434 g/mol. The van der Waals surface area contributed by atoms with Gasteiger partial charge in [0, 0.05) is 15.1 Å². The van der Waals surface area contributed by atoms with E-state index in [1.807, 2.05) is 31.2 Å². The zero-order valence-electron chi connectivity index (χ0n) is 13.7. The number of carbonyl (C=O) groups is 1. The molecule has 0 amide bonds. The van der Waals surface area contributed by atoms with Crippen molar-refractivity contribution in [3.05, 3.63) is 74.9 Å². The normalized spacial score (nSPS) is 11.0. The number of furan rings is 1. The summed E-state index contributed by atoms with van der Waals surface area (Å²) in [6, 6.07) is 14.1. The van der Waals surface area contributed by atoms with E-state index in [4.69, 9.17) is 16.0 Å². The van der Waals surface area contributed by atoms with E-state index in [1.165, 1.54) is 12.3 Å². The number of nitrogens with one attached hydrogen (secondary N) is 1. The molecule has 0 saturated carbocycles. The lowest BCUT2D eigenvalue weighted by atomic mass is 10.1. The van der Waals surface area contributed by atoms with Crippen LogP contribution in [0.1, 0.15) is 21.7 Å². The number of anilines is 1. The first-order valence-electron chi connectivity index (χ1n) is 7.63. The van der Waals surface area contributed by atoms with Crippen LogP contribution >= 0.6 is 27.5 Å². The van der Waals surface area contributed by atoms with Crippen molar-refractivity contribution in [2.75, 3.05) is 5.43 Å². The number of rotatable bonds is 5. The molecule has 0 saturated heterocycles. The van der Waals surface area contributed by atoms with E-state index in [9.17, 15) is 9.90 Å². The Morgan fingerprint density at radius 3 is 2.85 bits per heavy atom. The lowest BCUT2D eigenvalue weighted by Crippen LogP contribution is -2.02. The largest absolute Gasteiger partial charge is 0.478 e. The van der Waals surface area contributed by atoms with Gasteiger partial charge >= 0.3 is 5.97 Å². The summed E-state index contributed by atoms with van der Waals surface area (Å²) in [5, 5.41) is 14.0. The molecular weight excluding hydrogens is 420 g/mol. The SMILES string of the molecule is Cc1c(Cl)cccc1-c1ccc(C=NNc2ccc(Br)cc2C(=O)O)o1. The molecular formula is C19H14BrClN2O3. The number of aromatic carboxylic acids is 1. The third kappa shape index (κ3) is 3.98. The summed E-state index contributed by atoms with van der Waals surface area (Å²) in [5.74, 6) is 0.169. The molecule has 0 aliphatic rings. The maximum atomic E-state index is 11.3. The number of hydrazone groups is 1. The van der Waals surface area contributed by atoms with Crippen molar-refractivity contribution in [3.8, 4) is 11.3 Å². The Morgan fingerprint density at radius 2 is 2.08 bits per heavy atom. The Labute approximate surface area is 163 Å². The molecule has 0 unspecified atom stereocenters. The van der Waals surface area contributed by atoms with Crippen molar-refractivity contribution in [2.24, 2.45) is 5.10 Å². The van der Waals surface area contributed by atoms with Gasteiger partial charge in [-0.3, -0.25) is 5.43 Å². The van der Waals surface area contributed by atoms with Gasteiger partial charge in [0.1, 0.15) is 11.5 Å². The van der Waals surface area contributed by atoms with Gasteiger partial charge in [0.25, 0.3) is 0 Å². The van der Waals surface area contributed by atoms with Crippen LogP contribution in [0.2, 0.25) is 5.02 Å². The minimum Gasteiger partial charge on any atom is -0.478 e. The molecule has 3 rings (SSSR count). The summed E-state index contributed by atoms with van der Waals surface area (Å²) in [5.41, 5.74) is 5.07. The Kier molecular flexibility index (Phi) is 5.44. The summed E-state index contributed by atoms with van der Waals surface area (Å²) in [6.45, 7) is 1.93. The lowest BCUT2D eigenvalue weighted by Gasteiger charge is -2.05. The van der Waals surface area contributed by atoms with Crippen LogP contribution in [-0.4, -0.2) is 17.3 Å². The molecule has 0 radical (unpaired) electrons. The van der Waals surface area contributed by atoms with Crippen LogP contribution in [0.4, 0.5) is 5.69 Å². The zero-order chi connectivity index (χ0) is 18.7. The molecule has 0 atom stereocenters. The molecule has 26 heavy (non-hydrogen) atoms. The van der Waals surface area contributed by atoms with Crippen LogP contribution in [0.25, 0.3) is 11.3 Å². The first-order valence-corrected chi connectivity index (χ1v) is 8.80. The summed E-state index contributed by atoms with van der Waals surface area (Å²) in [4.78, 5) is 11.3. The Balaban J connectivity index is 1.78. The topological polar surface area (TPSA) is 74.8 Å². The fourth-order valence-electron chi connectivity index (χ4n) is 2.40. The van der Waals surface area contributed by atoms with Crippen LogP contribution in [0.3, 0.4) is 0 Å². The third-order valence-corrected chi connectivity index (χ3v) is 4.65. The van der Waals surface area contributed by atoms with Crippen molar-refractivity contribution in [1.82, 2.24) is 0 Å². The smallest absolute Gasteiger partial charge is 0.337 e. The number of halogens is 2. The van der Waals surface area contributed by atoms with Gasteiger partial charge < -0.3 is 9.52 Å². The molecule has 1 heterocycles. The number of carboxylic acid groups (broad SMARTS) is 1. The second kappa shape index (κ2) is 7.76. The van der Waals surface area contributed by atoms with E-state index in [-0.39, 0.29) is 5.56 Å². The van der Waals surface area contributed by atoms with E-state index in [2.05, 4.69) is 26.5 Å². The fraction of sp³-hybridized carbons (Fsp3) is 0.0526. The average Bonchev–Trinajstić information content (AvgIpc) is 3.07. The second-order valence-electron chi connectivity index (χ2n) is 5.48. The van der Waals surface area contributed by atoms with Crippen molar-refractivity contribution in [1.29, 1.82) is 0 Å². The Hall–Kier alpha value is -2.57. The molecule has 7 heteroatoms. The van der Waals surface area contributed by atoms with Gasteiger partial charge in [-0.2, -0.15) is 5.10 Å². The quantitative estimate of drug-likeness (QED) is 0.393. The number of nitrogens with zero attached hydrogens (tertiary/aromatic N) is 1. The summed E-state index contributed by atoms with van der Waals surface area (Å²) in [6.07, 6.45) is 1.48. The molecule has 2 aromatic carbocycles. The highest BCUT2D eigenvalue weighted by molar-refractivity contribution is 9.10. The highest BCUT2D eigenvalue weighted by Gasteiger charge is 2.11. The van der Waals surface area contributed by atoms with Gasteiger partial charge in [-0.25, -0.2) is 4.79 Å². The molecule has 0 fully saturated rings. The fourth-order valence-corrected chi connectivity index (χ4v) is 2.93. The van der Waals surface area contributed by atoms with Crippen molar-refractivity contribution in [2.45, 2.75) is 6.92 Å². The molecule has 0 spiro atoms. The maximum absolute atomic E-state index is 11.3. The molecule has 2 N–H and O–H groups in total. The van der Waals surface area contributed by atoms with Gasteiger partial charge in [0.2, 0.25) is 0 Å². The van der Waals surface area contributed by atoms with E-state index in [1.54, 1.807) is 18.2 Å². The summed E-state index contributed by atoms with van der Waals surface area (Å²) in [7, 11) is 0. The molecule has 0 bridgehead atoms. The van der Waals surface area contributed by atoms with Gasteiger partial charge in [-0.15, -0.1) is 0 Å². The Morgan fingerprint density at radius 1 is 1.27 bits per heavy atom. The molecule has 1 aromatic heterocycles. The standard InChI is InChI=1S/C19H14BrClN2O3/c1-11-14(3-2-4-16(11)21)18-8-6-13(26-18)10-22-23-17-7-5-12(20)9-15(17)19(24)25/h2-10,23H,1H3,(H,24,25). The minimum atomic E-state index is -1.04. The molecule has 132 valence electrons. The molecule has 0 aliphatic carbocycles. The first kappa shape index (κ1) is 18.2. The Bertz CT molecular complexity index is 998. The van der Waals surface area contributed by atoms with Crippen molar-refractivity contribution < 1.29 is 14.3 Å². The van der Waals surface area contributed by atoms with E-state index in [0.29, 0.717) is 26.7 Å². The van der Waals surface area contributed by atoms with Gasteiger partial charge in [0.05, 0.1) is 17.5 Å². The van der Waals surface area contributed by atoms with E-state index in [0.717, 1.165) is 11.1 Å². The first-order chi connectivity index (χ1) is 12.5. The van der Waals surface area contributed by atoms with Crippen LogP contribution in [0.15, 0.2) is 62.5 Å². The monoisotopic (exact) mass is 432 g/mol. The van der Waals surface area contributed by atoms with E-state index >= 15 is 0 Å². The predicted molar refractivity (Wildman–Crippen MR) is 106 cm³/mol. The van der Waals surface area contributed by atoms with E-state index < -0.39 is 5.97 Å².